The molecular formula is C33H30Cl2N4O3S. The maximum Gasteiger partial charge on any atom is 0.272 e. The van der Waals surface area contributed by atoms with Gasteiger partial charge in [-0.2, -0.15) is 0 Å². The van der Waals surface area contributed by atoms with Crippen molar-refractivity contribution in [3.8, 4) is 0 Å². The lowest BCUT2D eigenvalue weighted by atomic mass is 10.1. The van der Waals surface area contributed by atoms with Crippen LogP contribution in [0.3, 0.4) is 0 Å². The van der Waals surface area contributed by atoms with E-state index in [1.807, 2.05) is 55.4 Å². The van der Waals surface area contributed by atoms with E-state index in [1.54, 1.807) is 73.7 Å². The summed E-state index contributed by atoms with van der Waals surface area (Å²) in [5.74, 6) is -1.14. The Morgan fingerprint density at radius 1 is 0.837 bits per heavy atom. The molecule has 0 aliphatic carbocycles. The van der Waals surface area contributed by atoms with Crippen LogP contribution in [0.25, 0.3) is 6.08 Å². The molecule has 0 saturated heterocycles. The Labute approximate surface area is 265 Å². The minimum atomic E-state index is -0.494. The first-order chi connectivity index (χ1) is 20.6. The van der Waals surface area contributed by atoms with E-state index < -0.39 is 17.1 Å². The van der Waals surface area contributed by atoms with Crippen molar-refractivity contribution >= 4 is 75.8 Å². The molecule has 43 heavy (non-hydrogen) atoms. The van der Waals surface area contributed by atoms with Crippen LogP contribution in [-0.4, -0.2) is 37.1 Å². The molecule has 0 aromatic heterocycles. The van der Waals surface area contributed by atoms with Crippen LogP contribution in [0.15, 0.2) is 108 Å². The Morgan fingerprint density at radius 3 is 2.23 bits per heavy atom. The third kappa shape index (κ3) is 9.12. The second kappa shape index (κ2) is 14.8. The molecule has 10 heteroatoms. The van der Waals surface area contributed by atoms with Crippen LogP contribution in [0.2, 0.25) is 10.0 Å². The number of anilines is 3. The second-order valence-electron chi connectivity index (χ2n) is 9.72. The number of thioether (sulfide) groups is 1. The van der Waals surface area contributed by atoms with Gasteiger partial charge in [0.25, 0.3) is 11.8 Å². The molecule has 1 atom stereocenters. The Bertz CT molecular complexity index is 1640. The van der Waals surface area contributed by atoms with Gasteiger partial charge in [-0.05, 0) is 79.2 Å². The molecule has 0 aliphatic rings. The van der Waals surface area contributed by atoms with Crippen molar-refractivity contribution in [1.29, 1.82) is 0 Å². The number of nitrogens with zero attached hydrogens (tertiary/aromatic N) is 1. The van der Waals surface area contributed by atoms with Crippen molar-refractivity contribution in [1.82, 2.24) is 5.32 Å². The average Bonchev–Trinajstić information content (AvgIpc) is 2.99. The largest absolute Gasteiger partial charge is 0.378 e. The standard InChI is InChI=1S/C33H30Cl2N4O3S/c1-21(31(40)37-29-17-14-24(34)19-28(29)35)43-27-11-7-10-25(20-27)36-33(42)30(38-32(41)23-8-5-4-6-9-23)18-22-12-15-26(16-13-22)39(2)3/h4-21H,1-3H3,(H,36,42)(H,37,40)(H,38,41)/b30-18+. The van der Waals surface area contributed by atoms with Crippen molar-refractivity contribution in [3.05, 3.63) is 124 Å². The minimum absolute atomic E-state index is 0.0806. The molecule has 3 N–H and O–H groups in total. The van der Waals surface area contributed by atoms with Crippen LogP contribution in [0.1, 0.15) is 22.8 Å². The maximum atomic E-state index is 13.5. The van der Waals surface area contributed by atoms with Crippen molar-refractivity contribution in [3.63, 3.8) is 0 Å². The highest BCUT2D eigenvalue weighted by atomic mass is 35.5. The summed E-state index contributed by atoms with van der Waals surface area (Å²) in [5.41, 5.74) is 3.23. The highest BCUT2D eigenvalue weighted by molar-refractivity contribution is 8.00. The van der Waals surface area contributed by atoms with Crippen molar-refractivity contribution < 1.29 is 14.4 Å². The van der Waals surface area contributed by atoms with E-state index in [2.05, 4.69) is 16.0 Å². The molecular weight excluding hydrogens is 603 g/mol. The van der Waals surface area contributed by atoms with Gasteiger partial charge in [0.1, 0.15) is 5.70 Å². The van der Waals surface area contributed by atoms with Gasteiger partial charge < -0.3 is 20.9 Å². The van der Waals surface area contributed by atoms with E-state index in [-0.39, 0.29) is 11.6 Å². The van der Waals surface area contributed by atoms with Crippen LogP contribution >= 0.6 is 35.0 Å². The second-order valence-corrected chi connectivity index (χ2v) is 12.0. The molecule has 7 nitrogen and oxygen atoms in total. The van der Waals surface area contributed by atoms with E-state index in [1.165, 1.54) is 11.8 Å². The topological polar surface area (TPSA) is 90.5 Å². The number of benzene rings is 4. The van der Waals surface area contributed by atoms with E-state index in [0.717, 1.165) is 16.1 Å². The molecule has 4 aromatic carbocycles. The van der Waals surface area contributed by atoms with Crippen molar-refractivity contribution in [2.45, 2.75) is 17.1 Å². The predicted octanol–water partition coefficient (Wildman–Crippen LogP) is 7.59. The van der Waals surface area contributed by atoms with E-state index in [0.29, 0.717) is 27.0 Å². The van der Waals surface area contributed by atoms with Crippen LogP contribution in [0.5, 0.6) is 0 Å². The summed E-state index contributed by atoms with van der Waals surface area (Å²) in [6.07, 6.45) is 1.63. The number of carbonyl (C=O) groups excluding carboxylic acids is 3. The molecule has 1 unspecified atom stereocenters. The zero-order valence-electron chi connectivity index (χ0n) is 23.7. The lowest BCUT2D eigenvalue weighted by molar-refractivity contribution is -0.115. The molecule has 0 aliphatic heterocycles. The SMILES string of the molecule is CC(Sc1cccc(NC(=O)/C(=C\c2ccc(N(C)C)cc2)NC(=O)c2ccccc2)c1)C(=O)Nc1ccc(Cl)cc1Cl. The summed E-state index contributed by atoms with van der Waals surface area (Å²) in [6.45, 7) is 1.77. The maximum absolute atomic E-state index is 13.5. The van der Waals surface area contributed by atoms with Gasteiger partial charge in [0, 0.05) is 41.0 Å². The minimum Gasteiger partial charge on any atom is -0.378 e. The monoisotopic (exact) mass is 632 g/mol. The number of halogens is 2. The number of nitrogens with one attached hydrogen (secondary N) is 3. The van der Waals surface area contributed by atoms with Crippen molar-refractivity contribution in [2.75, 3.05) is 29.6 Å². The third-order valence-electron chi connectivity index (χ3n) is 6.21. The Kier molecular flexibility index (Phi) is 10.9. The van der Waals surface area contributed by atoms with E-state index in [4.69, 9.17) is 23.2 Å². The number of carbonyl (C=O) groups is 3. The Morgan fingerprint density at radius 2 is 1.56 bits per heavy atom. The summed E-state index contributed by atoms with van der Waals surface area (Å²) < 4.78 is 0. The Hall–Kier alpha value is -4.24. The average molecular weight is 634 g/mol. The normalized spacial score (nSPS) is 11.8. The van der Waals surface area contributed by atoms with Crippen molar-refractivity contribution in [2.24, 2.45) is 0 Å². The van der Waals surface area contributed by atoms with Gasteiger partial charge in [0.05, 0.1) is 16.0 Å². The van der Waals surface area contributed by atoms with Gasteiger partial charge in [-0.15, -0.1) is 11.8 Å². The zero-order chi connectivity index (χ0) is 30.9. The highest BCUT2D eigenvalue weighted by Gasteiger charge is 2.18. The first-order valence-corrected chi connectivity index (χ1v) is 14.9. The summed E-state index contributed by atoms with van der Waals surface area (Å²) in [5, 5.41) is 8.79. The summed E-state index contributed by atoms with van der Waals surface area (Å²) in [4.78, 5) is 42.0. The highest BCUT2D eigenvalue weighted by Crippen LogP contribution is 2.29. The smallest absolute Gasteiger partial charge is 0.272 e. The van der Waals surface area contributed by atoms with Crippen LogP contribution in [0, 0.1) is 0 Å². The number of hydrogen-bond acceptors (Lipinski definition) is 5. The fourth-order valence-electron chi connectivity index (χ4n) is 3.91. The fourth-order valence-corrected chi connectivity index (χ4v) is 5.29. The summed E-state index contributed by atoms with van der Waals surface area (Å²) >= 11 is 13.5. The molecule has 0 spiro atoms. The summed E-state index contributed by atoms with van der Waals surface area (Å²) in [7, 11) is 3.89. The Balaban J connectivity index is 1.49. The van der Waals surface area contributed by atoms with Gasteiger partial charge in [0.15, 0.2) is 0 Å². The van der Waals surface area contributed by atoms with Gasteiger partial charge in [-0.1, -0.05) is 59.6 Å². The van der Waals surface area contributed by atoms with Crippen LogP contribution in [-0.2, 0) is 9.59 Å². The molecule has 0 heterocycles. The quantitative estimate of drug-likeness (QED) is 0.124. The van der Waals surface area contributed by atoms with Crippen LogP contribution in [0.4, 0.5) is 17.1 Å². The summed E-state index contributed by atoms with van der Waals surface area (Å²) in [6, 6.07) is 28.3. The molecule has 0 fully saturated rings. The number of hydrogen-bond donors (Lipinski definition) is 3. The first-order valence-electron chi connectivity index (χ1n) is 13.3. The molecule has 4 aromatic rings. The first kappa shape index (κ1) is 31.7. The lowest BCUT2D eigenvalue weighted by Crippen LogP contribution is -2.30. The molecule has 220 valence electrons. The van der Waals surface area contributed by atoms with Crippen LogP contribution < -0.4 is 20.9 Å². The van der Waals surface area contributed by atoms with Gasteiger partial charge in [-0.25, -0.2) is 0 Å². The third-order valence-corrected chi connectivity index (χ3v) is 7.85. The van der Waals surface area contributed by atoms with Gasteiger partial charge in [0.2, 0.25) is 5.91 Å². The van der Waals surface area contributed by atoms with Gasteiger partial charge >= 0.3 is 0 Å². The zero-order valence-corrected chi connectivity index (χ0v) is 26.1. The molecule has 3 amide bonds. The van der Waals surface area contributed by atoms with E-state index in [9.17, 15) is 14.4 Å². The van der Waals surface area contributed by atoms with E-state index >= 15 is 0 Å². The predicted molar refractivity (Wildman–Crippen MR) is 178 cm³/mol. The molecule has 0 radical (unpaired) electrons. The number of rotatable bonds is 10. The molecule has 4 rings (SSSR count). The fraction of sp³-hybridized carbons (Fsp3) is 0.121. The number of amides is 3. The lowest BCUT2D eigenvalue weighted by Gasteiger charge is -2.15. The van der Waals surface area contributed by atoms with Gasteiger partial charge in [-0.3, -0.25) is 14.4 Å². The molecule has 0 saturated carbocycles. The molecule has 0 bridgehead atoms.